The van der Waals surface area contributed by atoms with E-state index in [1.807, 2.05) is 0 Å². The van der Waals surface area contributed by atoms with Gasteiger partial charge in [-0.3, -0.25) is 0 Å². The highest BCUT2D eigenvalue weighted by Crippen LogP contribution is 2.15. The van der Waals surface area contributed by atoms with E-state index in [-0.39, 0.29) is 30.4 Å². The molecule has 0 bridgehead atoms. The van der Waals surface area contributed by atoms with Crippen LogP contribution in [0.4, 0.5) is 13.2 Å². The van der Waals surface area contributed by atoms with Gasteiger partial charge < -0.3 is 14.6 Å². The Bertz CT molecular complexity index is 448. The molecule has 1 aromatic heterocycles. The zero-order valence-electron chi connectivity index (χ0n) is 10.0. The number of carboxylic acids is 1. The van der Waals surface area contributed by atoms with Gasteiger partial charge in [0, 0.05) is 6.07 Å². The molecule has 0 unspecified atom stereocenters. The van der Waals surface area contributed by atoms with Crippen LogP contribution >= 0.6 is 0 Å². The summed E-state index contributed by atoms with van der Waals surface area (Å²) in [4.78, 5) is 14.6. The van der Waals surface area contributed by atoms with Gasteiger partial charge >= 0.3 is 12.1 Å². The largest absolute Gasteiger partial charge is 0.478 e. The van der Waals surface area contributed by atoms with Crippen LogP contribution in [-0.4, -0.2) is 42.1 Å². The number of aryl methyl sites for hydroxylation is 1. The summed E-state index contributed by atoms with van der Waals surface area (Å²) in [5.74, 6) is -0.969. The lowest BCUT2D eigenvalue weighted by Crippen LogP contribution is -2.19. The van der Waals surface area contributed by atoms with Crippen molar-refractivity contribution < 1.29 is 32.5 Å². The van der Waals surface area contributed by atoms with E-state index in [1.54, 1.807) is 0 Å². The summed E-state index contributed by atoms with van der Waals surface area (Å²) in [6.07, 6.45) is -4.36. The summed E-state index contributed by atoms with van der Waals surface area (Å²) in [6.45, 7) is -0.174. The Morgan fingerprint density at radius 1 is 1.37 bits per heavy atom. The zero-order valence-corrected chi connectivity index (χ0v) is 10.0. The van der Waals surface area contributed by atoms with Gasteiger partial charge in [0.25, 0.3) is 0 Å². The average molecular weight is 279 g/mol. The lowest BCUT2D eigenvalue weighted by Gasteiger charge is -2.09. The Morgan fingerprint density at radius 2 is 2.05 bits per heavy atom. The lowest BCUT2D eigenvalue weighted by molar-refractivity contribution is -0.175. The van der Waals surface area contributed by atoms with Gasteiger partial charge in [0.05, 0.1) is 17.9 Å². The molecule has 0 aromatic carbocycles. The number of carboxylic acid groups (broad SMARTS) is 1. The molecule has 106 valence electrons. The van der Waals surface area contributed by atoms with Crippen molar-refractivity contribution in [2.75, 3.05) is 19.8 Å². The minimum absolute atomic E-state index is 0.0423. The van der Waals surface area contributed by atoms with E-state index >= 15 is 0 Å². The van der Waals surface area contributed by atoms with Crippen molar-refractivity contribution >= 4 is 5.97 Å². The minimum Gasteiger partial charge on any atom is -0.478 e. The van der Waals surface area contributed by atoms with Crippen LogP contribution in [0, 0.1) is 6.92 Å². The first-order chi connectivity index (χ1) is 8.79. The standard InChI is InChI=1S/C11H12F3NO4/c1-7-8(10(16)17)2-3-9(15-7)19-5-4-18-6-11(12,13)14/h2-3H,4-6H2,1H3,(H,16,17). The first-order valence-corrected chi connectivity index (χ1v) is 5.28. The molecule has 0 aliphatic heterocycles. The van der Waals surface area contributed by atoms with E-state index in [4.69, 9.17) is 9.84 Å². The van der Waals surface area contributed by atoms with E-state index in [2.05, 4.69) is 9.72 Å². The maximum Gasteiger partial charge on any atom is 0.411 e. The van der Waals surface area contributed by atoms with E-state index in [0.29, 0.717) is 0 Å². The van der Waals surface area contributed by atoms with Crippen LogP contribution in [0.25, 0.3) is 0 Å². The van der Waals surface area contributed by atoms with E-state index in [0.717, 1.165) is 0 Å². The van der Waals surface area contributed by atoms with Gasteiger partial charge in [0.15, 0.2) is 0 Å². The fraction of sp³-hybridized carbons (Fsp3) is 0.455. The zero-order chi connectivity index (χ0) is 14.5. The summed E-state index contributed by atoms with van der Waals surface area (Å²) in [6, 6.07) is 2.65. The van der Waals surface area contributed by atoms with Gasteiger partial charge in [0.1, 0.15) is 13.2 Å². The Labute approximate surface area is 107 Å². The summed E-state index contributed by atoms with van der Waals surface area (Å²) in [5.41, 5.74) is 0.307. The quantitative estimate of drug-likeness (QED) is 0.807. The highest BCUT2D eigenvalue weighted by Gasteiger charge is 2.27. The minimum atomic E-state index is -4.36. The van der Waals surface area contributed by atoms with Crippen LogP contribution < -0.4 is 4.74 Å². The highest BCUT2D eigenvalue weighted by molar-refractivity contribution is 5.88. The Kier molecular flexibility index (Phi) is 5.11. The number of aromatic nitrogens is 1. The molecule has 0 aliphatic rings. The van der Waals surface area contributed by atoms with Crippen molar-refractivity contribution in [3.8, 4) is 5.88 Å². The van der Waals surface area contributed by atoms with Crippen molar-refractivity contribution in [1.82, 2.24) is 4.98 Å². The number of alkyl halides is 3. The molecule has 19 heavy (non-hydrogen) atoms. The number of rotatable bonds is 6. The number of carbonyl (C=O) groups is 1. The van der Waals surface area contributed by atoms with Crippen molar-refractivity contribution in [2.45, 2.75) is 13.1 Å². The SMILES string of the molecule is Cc1nc(OCCOCC(F)(F)F)ccc1C(=O)O. The molecule has 0 saturated heterocycles. The first kappa shape index (κ1) is 15.2. The van der Waals surface area contributed by atoms with Crippen LogP contribution in [0.15, 0.2) is 12.1 Å². The number of pyridine rings is 1. The van der Waals surface area contributed by atoms with Gasteiger partial charge in [-0.2, -0.15) is 13.2 Å². The van der Waals surface area contributed by atoms with Crippen LogP contribution in [0.2, 0.25) is 0 Å². The second-order valence-corrected chi connectivity index (χ2v) is 3.60. The molecule has 8 heteroatoms. The number of aromatic carboxylic acids is 1. The van der Waals surface area contributed by atoms with Crippen LogP contribution in [-0.2, 0) is 4.74 Å². The highest BCUT2D eigenvalue weighted by atomic mass is 19.4. The molecule has 0 radical (unpaired) electrons. The summed E-state index contributed by atoms with van der Waals surface area (Å²) in [7, 11) is 0. The number of hydrogen-bond donors (Lipinski definition) is 1. The second-order valence-electron chi connectivity index (χ2n) is 3.60. The van der Waals surface area contributed by atoms with Crippen LogP contribution in [0.1, 0.15) is 16.1 Å². The molecule has 5 nitrogen and oxygen atoms in total. The molecule has 1 aromatic rings. The van der Waals surface area contributed by atoms with Gasteiger partial charge in [-0.1, -0.05) is 0 Å². The predicted octanol–water partition coefficient (Wildman–Crippen LogP) is 2.05. The molecule has 1 rings (SSSR count). The van der Waals surface area contributed by atoms with Crippen molar-refractivity contribution in [1.29, 1.82) is 0 Å². The molecule has 0 saturated carbocycles. The predicted molar refractivity (Wildman–Crippen MR) is 58.3 cm³/mol. The molecule has 0 amide bonds. The number of halogens is 3. The molecule has 0 fully saturated rings. The van der Waals surface area contributed by atoms with E-state index in [1.165, 1.54) is 19.1 Å². The summed E-state index contributed by atoms with van der Waals surface area (Å²) >= 11 is 0. The van der Waals surface area contributed by atoms with Crippen LogP contribution in [0.3, 0.4) is 0 Å². The van der Waals surface area contributed by atoms with Crippen molar-refractivity contribution in [3.63, 3.8) is 0 Å². The number of nitrogens with zero attached hydrogens (tertiary/aromatic N) is 1. The number of ether oxygens (including phenoxy) is 2. The molecular formula is C11H12F3NO4. The fourth-order valence-electron chi connectivity index (χ4n) is 1.24. The van der Waals surface area contributed by atoms with Gasteiger partial charge in [-0.15, -0.1) is 0 Å². The first-order valence-electron chi connectivity index (χ1n) is 5.28. The monoisotopic (exact) mass is 279 g/mol. The second kappa shape index (κ2) is 6.37. The summed E-state index contributed by atoms with van der Waals surface area (Å²) < 4.78 is 44.6. The molecular weight excluding hydrogens is 267 g/mol. The third-order valence-corrected chi connectivity index (χ3v) is 2.03. The van der Waals surface area contributed by atoms with E-state index in [9.17, 15) is 18.0 Å². The lowest BCUT2D eigenvalue weighted by atomic mass is 10.2. The maximum atomic E-state index is 11.7. The Morgan fingerprint density at radius 3 is 2.58 bits per heavy atom. The third-order valence-electron chi connectivity index (χ3n) is 2.03. The van der Waals surface area contributed by atoms with Gasteiger partial charge in [-0.25, -0.2) is 9.78 Å². The van der Waals surface area contributed by atoms with Gasteiger partial charge in [-0.05, 0) is 13.0 Å². The molecule has 0 atom stereocenters. The number of hydrogen-bond acceptors (Lipinski definition) is 4. The molecule has 0 aliphatic carbocycles. The smallest absolute Gasteiger partial charge is 0.411 e. The maximum absolute atomic E-state index is 11.7. The Balaban J connectivity index is 2.38. The van der Waals surface area contributed by atoms with Crippen molar-refractivity contribution in [3.05, 3.63) is 23.4 Å². The van der Waals surface area contributed by atoms with Gasteiger partial charge in [0.2, 0.25) is 5.88 Å². The topological polar surface area (TPSA) is 68.7 Å². The average Bonchev–Trinajstić information content (AvgIpc) is 2.26. The Hall–Kier alpha value is -1.83. The summed E-state index contributed by atoms with van der Waals surface area (Å²) in [5, 5.41) is 8.77. The van der Waals surface area contributed by atoms with Crippen molar-refractivity contribution in [2.24, 2.45) is 0 Å². The van der Waals surface area contributed by atoms with Crippen LogP contribution in [0.5, 0.6) is 5.88 Å². The molecule has 1 heterocycles. The molecule has 1 N–H and O–H groups in total. The molecule has 0 spiro atoms. The fourth-order valence-corrected chi connectivity index (χ4v) is 1.24. The third kappa shape index (κ3) is 5.56. The van der Waals surface area contributed by atoms with E-state index < -0.39 is 18.8 Å². The normalized spacial score (nSPS) is 11.4.